The molecule has 1 saturated heterocycles. The predicted octanol–water partition coefficient (Wildman–Crippen LogP) is 2.72. The molecule has 190 valence electrons. The molecule has 1 heterocycles. The highest BCUT2D eigenvalue weighted by molar-refractivity contribution is 7.92. The lowest BCUT2D eigenvalue weighted by molar-refractivity contribution is -0.142. The van der Waals surface area contributed by atoms with Crippen LogP contribution in [0.5, 0.6) is 0 Å². The molecule has 2 fully saturated rings. The summed E-state index contributed by atoms with van der Waals surface area (Å²) in [6.07, 6.45) is -1.93. The molecule has 2 aromatic carbocycles. The van der Waals surface area contributed by atoms with E-state index in [0.717, 1.165) is 12.1 Å². The van der Waals surface area contributed by atoms with Crippen molar-refractivity contribution in [3.8, 4) is 0 Å². The molecule has 11 heteroatoms. The van der Waals surface area contributed by atoms with Crippen LogP contribution in [-0.2, 0) is 26.6 Å². The Balaban J connectivity index is 1.64. The number of benzene rings is 2. The quantitative estimate of drug-likeness (QED) is 0.495. The number of alkyl halides is 2. The average Bonchev–Trinajstić information content (AvgIpc) is 2.76. The number of primary amides is 1. The SMILES string of the molecule is C[C@@H]1NC[C@@H](c2ccccc2)S(=O)(=O)C1Cc1cc(F)c(C2(NCC(N)=O)CC(F)(F)C2)cc1F. The van der Waals surface area contributed by atoms with Gasteiger partial charge in [-0.05, 0) is 36.6 Å². The first-order valence-electron chi connectivity index (χ1n) is 11.3. The fourth-order valence-electron chi connectivity index (χ4n) is 5.13. The van der Waals surface area contributed by atoms with Crippen molar-refractivity contribution in [2.24, 2.45) is 5.73 Å². The molecule has 2 aromatic rings. The second-order valence-electron chi connectivity index (χ2n) is 9.46. The van der Waals surface area contributed by atoms with Crippen molar-refractivity contribution in [2.45, 2.75) is 54.2 Å². The fraction of sp³-hybridized carbons (Fsp3) is 0.458. The fourth-order valence-corrected chi connectivity index (χ4v) is 7.49. The molecule has 3 atom stereocenters. The minimum atomic E-state index is -3.77. The standard InChI is InChI=1S/C24H27F4N3O3S/c1-14-20(35(33,34)21(10-30-14)15-5-3-2-4-6-15)8-16-7-19(26)17(9-18(16)25)23(31-11-22(29)32)12-24(27,28)13-23/h2-7,9,14,20-21,30-31H,8,10-13H2,1H3,(H2,29,32)/t14-,20?,21-/m0/s1. The van der Waals surface area contributed by atoms with Gasteiger partial charge in [0, 0.05) is 31.0 Å². The van der Waals surface area contributed by atoms with Crippen molar-refractivity contribution < 1.29 is 30.8 Å². The van der Waals surface area contributed by atoms with E-state index < -0.39 is 74.8 Å². The molecule has 4 rings (SSSR count). The van der Waals surface area contributed by atoms with Crippen LogP contribution >= 0.6 is 0 Å². The van der Waals surface area contributed by atoms with E-state index in [1.807, 2.05) is 0 Å². The summed E-state index contributed by atoms with van der Waals surface area (Å²) in [5.74, 6) is -5.78. The first-order chi connectivity index (χ1) is 16.3. The van der Waals surface area contributed by atoms with Crippen molar-refractivity contribution in [1.29, 1.82) is 0 Å². The monoisotopic (exact) mass is 513 g/mol. The molecule has 1 aliphatic carbocycles. The van der Waals surface area contributed by atoms with Crippen molar-refractivity contribution >= 4 is 15.7 Å². The van der Waals surface area contributed by atoms with E-state index in [0.29, 0.717) is 5.56 Å². The van der Waals surface area contributed by atoms with Crippen LogP contribution in [0.4, 0.5) is 17.6 Å². The normalized spacial score (nSPS) is 26.6. The third-order valence-corrected chi connectivity index (χ3v) is 9.62. The van der Waals surface area contributed by atoms with E-state index in [1.165, 1.54) is 0 Å². The molecule has 0 radical (unpaired) electrons. The molecule has 0 spiro atoms. The van der Waals surface area contributed by atoms with Crippen molar-refractivity contribution in [1.82, 2.24) is 10.6 Å². The Morgan fingerprint density at radius 3 is 2.40 bits per heavy atom. The van der Waals surface area contributed by atoms with Gasteiger partial charge in [-0.25, -0.2) is 26.0 Å². The molecule has 4 N–H and O–H groups in total. The number of nitrogens with two attached hydrogens (primary N) is 1. The Bertz CT molecular complexity index is 1220. The van der Waals surface area contributed by atoms with Crippen LogP contribution in [0.2, 0.25) is 0 Å². The molecule has 0 bridgehead atoms. The zero-order valence-corrected chi connectivity index (χ0v) is 19.8. The third kappa shape index (κ3) is 4.94. The number of sulfone groups is 1. The number of carbonyl (C=O) groups is 1. The minimum absolute atomic E-state index is 0.168. The summed E-state index contributed by atoms with van der Waals surface area (Å²) in [5, 5.41) is 3.83. The second-order valence-corrected chi connectivity index (χ2v) is 11.8. The van der Waals surface area contributed by atoms with Crippen LogP contribution in [0.1, 0.15) is 41.7 Å². The third-order valence-electron chi connectivity index (χ3n) is 6.97. The van der Waals surface area contributed by atoms with Crippen molar-refractivity contribution in [2.75, 3.05) is 13.1 Å². The summed E-state index contributed by atoms with van der Waals surface area (Å²) in [4.78, 5) is 11.2. The number of hydrogen-bond donors (Lipinski definition) is 3. The van der Waals surface area contributed by atoms with Crippen molar-refractivity contribution in [3.63, 3.8) is 0 Å². The molecule has 1 amide bonds. The van der Waals surface area contributed by atoms with Crippen LogP contribution in [0.15, 0.2) is 42.5 Å². The average molecular weight is 514 g/mol. The number of halogens is 4. The Kier molecular flexibility index (Phi) is 6.71. The number of amides is 1. The van der Waals surface area contributed by atoms with Gasteiger partial charge in [0.05, 0.1) is 22.6 Å². The highest BCUT2D eigenvalue weighted by Gasteiger charge is 2.58. The summed E-state index contributed by atoms with van der Waals surface area (Å²) in [5.41, 5.74) is 3.54. The van der Waals surface area contributed by atoms with E-state index in [9.17, 15) is 22.0 Å². The molecule has 6 nitrogen and oxygen atoms in total. The largest absolute Gasteiger partial charge is 0.369 e. The van der Waals surface area contributed by atoms with Gasteiger partial charge >= 0.3 is 0 Å². The molecule has 0 aromatic heterocycles. The van der Waals surface area contributed by atoms with E-state index in [-0.39, 0.29) is 24.1 Å². The number of rotatable bonds is 7. The van der Waals surface area contributed by atoms with Gasteiger partial charge < -0.3 is 11.1 Å². The summed E-state index contributed by atoms with van der Waals surface area (Å²) in [6.45, 7) is 1.39. The van der Waals surface area contributed by atoms with E-state index in [2.05, 4.69) is 10.6 Å². The minimum Gasteiger partial charge on any atom is -0.369 e. The first-order valence-corrected chi connectivity index (χ1v) is 12.9. The molecule has 1 saturated carbocycles. The topological polar surface area (TPSA) is 101 Å². The van der Waals surface area contributed by atoms with Gasteiger partial charge in [0.1, 0.15) is 11.6 Å². The Labute approximate surface area is 201 Å². The highest BCUT2D eigenvalue weighted by atomic mass is 32.2. The van der Waals surface area contributed by atoms with Gasteiger partial charge in [-0.2, -0.15) is 0 Å². The summed E-state index contributed by atoms with van der Waals surface area (Å²) < 4.78 is 84.7. The molecule has 2 aliphatic rings. The maximum Gasteiger partial charge on any atom is 0.252 e. The maximum absolute atomic E-state index is 15.2. The summed E-state index contributed by atoms with van der Waals surface area (Å²) >= 11 is 0. The Hall–Kier alpha value is -2.50. The number of hydrogen-bond acceptors (Lipinski definition) is 5. The zero-order valence-electron chi connectivity index (χ0n) is 19.0. The van der Waals surface area contributed by atoms with E-state index >= 15 is 8.78 Å². The van der Waals surface area contributed by atoms with Gasteiger partial charge in [0.25, 0.3) is 5.92 Å². The first kappa shape index (κ1) is 25.6. The van der Waals surface area contributed by atoms with Crippen LogP contribution < -0.4 is 16.4 Å². The molecular formula is C24H27F4N3O3S. The number of carbonyl (C=O) groups excluding carboxylic acids is 1. The van der Waals surface area contributed by atoms with Crippen molar-refractivity contribution in [3.05, 3.63) is 70.8 Å². The smallest absolute Gasteiger partial charge is 0.252 e. The second kappa shape index (κ2) is 9.18. The summed E-state index contributed by atoms with van der Waals surface area (Å²) in [7, 11) is -3.77. The lowest BCUT2D eigenvalue weighted by Crippen LogP contribution is -2.60. The summed E-state index contributed by atoms with van der Waals surface area (Å²) in [6, 6.07) is 9.82. The van der Waals surface area contributed by atoms with E-state index in [1.54, 1.807) is 37.3 Å². The van der Waals surface area contributed by atoms with Crippen LogP contribution in [0.25, 0.3) is 0 Å². The molecular weight excluding hydrogens is 486 g/mol. The van der Waals surface area contributed by atoms with E-state index in [4.69, 9.17) is 5.73 Å². The van der Waals surface area contributed by atoms with Gasteiger partial charge in [-0.1, -0.05) is 30.3 Å². The van der Waals surface area contributed by atoms with Crippen LogP contribution in [0.3, 0.4) is 0 Å². The van der Waals surface area contributed by atoms with Gasteiger partial charge in [0.2, 0.25) is 5.91 Å². The molecule has 1 aliphatic heterocycles. The van der Waals surface area contributed by atoms with Gasteiger partial charge in [-0.3, -0.25) is 10.1 Å². The van der Waals surface area contributed by atoms with Gasteiger partial charge in [-0.15, -0.1) is 0 Å². The van der Waals surface area contributed by atoms with Crippen LogP contribution in [-0.4, -0.2) is 44.6 Å². The molecule has 35 heavy (non-hydrogen) atoms. The maximum atomic E-state index is 15.2. The molecule has 1 unspecified atom stereocenters. The number of nitrogens with one attached hydrogen (secondary N) is 2. The lowest BCUT2D eigenvalue weighted by Gasteiger charge is -2.48. The van der Waals surface area contributed by atoms with Crippen LogP contribution in [0, 0.1) is 11.6 Å². The predicted molar refractivity (Wildman–Crippen MR) is 122 cm³/mol. The van der Waals surface area contributed by atoms with Gasteiger partial charge in [0.15, 0.2) is 9.84 Å². The Morgan fingerprint density at radius 2 is 1.80 bits per heavy atom. The lowest BCUT2D eigenvalue weighted by atomic mass is 9.68. The zero-order chi connectivity index (χ0) is 25.6. The highest BCUT2D eigenvalue weighted by Crippen LogP contribution is 2.52. The Morgan fingerprint density at radius 1 is 1.14 bits per heavy atom.